The highest BCUT2D eigenvalue weighted by molar-refractivity contribution is 5.80. The van der Waals surface area contributed by atoms with Gasteiger partial charge in [-0.1, -0.05) is 37.8 Å². The van der Waals surface area contributed by atoms with E-state index in [1.807, 2.05) is 36.4 Å². The van der Waals surface area contributed by atoms with Crippen LogP contribution in [-0.4, -0.2) is 38.3 Å². The third-order valence-electron chi connectivity index (χ3n) is 6.39. The molecule has 0 aliphatic carbocycles. The molecular weight excluding hydrogens is 414 g/mol. The molecule has 0 N–H and O–H groups in total. The van der Waals surface area contributed by atoms with Gasteiger partial charge in [0, 0.05) is 17.7 Å². The second kappa shape index (κ2) is 11.9. The minimum atomic E-state index is -0.0645. The van der Waals surface area contributed by atoms with Crippen molar-refractivity contribution in [3.05, 3.63) is 58.8 Å². The lowest BCUT2D eigenvalue weighted by Crippen LogP contribution is -2.20. The van der Waals surface area contributed by atoms with Crippen LogP contribution in [0.4, 0.5) is 0 Å². The van der Waals surface area contributed by atoms with Crippen LogP contribution in [0.5, 0.6) is 11.5 Å². The van der Waals surface area contributed by atoms with Crippen LogP contribution < -0.4 is 14.9 Å². The number of hydrogen-bond donors (Lipinski definition) is 0. The zero-order valence-electron chi connectivity index (χ0n) is 19.7. The zero-order chi connectivity index (χ0) is 22.9. The van der Waals surface area contributed by atoms with E-state index in [1.165, 1.54) is 70.6 Å². The number of methoxy groups -OCH3 is 1. The summed E-state index contributed by atoms with van der Waals surface area (Å²) in [6, 6.07) is 14.5. The summed E-state index contributed by atoms with van der Waals surface area (Å²) < 4.78 is 17.3. The van der Waals surface area contributed by atoms with Gasteiger partial charge >= 0.3 is 0 Å². The Kier molecular flexibility index (Phi) is 8.42. The van der Waals surface area contributed by atoms with Crippen molar-refractivity contribution in [2.24, 2.45) is 0 Å². The van der Waals surface area contributed by atoms with Crippen molar-refractivity contribution >= 4 is 11.0 Å². The van der Waals surface area contributed by atoms with Crippen LogP contribution in [0.3, 0.4) is 0 Å². The molecule has 1 saturated heterocycles. The third-order valence-corrected chi connectivity index (χ3v) is 6.39. The molecule has 4 rings (SSSR count). The Morgan fingerprint density at radius 2 is 1.67 bits per heavy atom. The molecule has 2 heterocycles. The molecule has 0 atom stereocenters. The standard InChI is InChI=1S/C28H35NO4/c1-31-23-12-10-11-22(19-23)27-21-26(30)25-14-13-24(20-28(25)33-27)32-18-9-5-3-2-4-6-15-29-16-7-8-17-29/h10-14,19-21H,2-9,15-18H2,1H3. The molecule has 0 radical (unpaired) electrons. The Hall–Kier alpha value is -2.79. The Labute approximate surface area is 196 Å². The van der Waals surface area contributed by atoms with Gasteiger partial charge in [-0.25, -0.2) is 0 Å². The van der Waals surface area contributed by atoms with Crippen molar-refractivity contribution in [2.75, 3.05) is 33.4 Å². The van der Waals surface area contributed by atoms with Gasteiger partial charge in [-0.2, -0.15) is 0 Å². The van der Waals surface area contributed by atoms with E-state index in [9.17, 15) is 4.79 Å². The fourth-order valence-electron chi connectivity index (χ4n) is 4.48. The molecular formula is C28H35NO4. The van der Waals surface area contributed by atoms with E-state index in [0.29, 0.717) is 23.3 Å². The molecule has 0 amide bonds. The van der Waals surface area contributed by atoms with E-state index in [-0.39, 0.29) is 5.43 Å². The molecule has 0 spiro atoms. The van der Waals surface area contributed by atoms with Crippen molar-refractivity contribution in [1.82, 2.24) is 4.90 Å². The minimum absolute atomic E-state index is 0.0645. The number of fused-ring (bicyclic) bond motifs is 1. The first-order valence-corrected chi connectivity index (χ1v) is 12.3. The van der Waals surface area contributed by atoms with Crippen LogP contribution in [0.2, 0.25) is 0 Å². The summed E-state index contributed by atoms with van der Waals surface area (Å²) in [6.07, 6.45) is 10.2. The van der Waals surface area contributed by atoms with Crippen molar-refractivity contribution in [2.45, 2.75) is 51.4 Å². The van der Waals surface area contributed by atoms with Crippen molar-refractivity contribution in [1.29, 1.82) is 0 Å². The summed E-state index contributed by atoms with van der Waals surface area (Å²) in [5.41, 5.74) is 1.28. The number of ether oxygens (including phenoxy) is 2. The lowest BCUT2D eigenvalue weighted by molar-refractivity contribution is 0.302. The van der Waals surface area contributed by atoms with Gasteiger partial charge in [0.2, 0.25) is 0 Å². The average Bonchev–Trinajstić information content (AvgIpc) is 3.36. The molecule has 1 aromatic heterocycles. The second-order valence-electron chi connectivity index (χ2n) is 8.88. The first kappa shape index (κ1) is 23.4. The summed E-state index contributed by atoms with van der Waals surface area (Å²) in [5, 5.41) is 0.558. The van der Waals surface area contributed by atoms with E-state index in [0.717, 1.165) is 23.5 Å². The Balaban J connectivity index is 1.24. The number of benzene rings is 2. The van der Waals surface area contributed by atoms with Crippen LogP contribution in [0.15, 0.2) is 57.7 Å². The lowest BCUT2D eigenvalue weighted by atomic mass is 10.1. The van der Waals surface area contributed by atoms with Gasteiger partial charge in [0.25, 0.3) is 0 Å². The molecule has 0 unspecified atom stereocenters. The summed E-state index contributed by atoms with van der Waals surface area (Å²) in [6.45, 7) is 4.56. The summed E-state index contributed by atoms with van der Waals surface area (Å²) in [5.74, 6) is 1.98. The highest BCUT2D eigenvalue weighted by Crippen LogP contribution is 2.27. The molecule has 0 saturated carbocycles. The van der Waals surface area contributed by atoms with Gasteiger partial charge in [0.1, 0.15) is 22.8 Å². The largest absolute Gasteiger partial charge is 0.497 e. The highest BCUT2D eigenvalue weighted by Gasteiger charge is 2.11. The summed E-state index contributed by atoms with van der Waals surface area (Å²) >= 11 is 0. The molecule has 176 valence electrons. The van der Waals surface area contributed by atoms with Gasteiger partial charge in [0.15, 0.2) is 5.43 Å². The van der Waals surface area contributed by atoms with E-state index in [4.69, 9.17) is 13.9 Å². The fourth-order valence-corrected chi connectivity index (χ4v) is 4.48. The Morgan fingerprint density at radius 1 is 0.879 bits per heavy atom. The van der Waals surface area contributed by atoms with Crippen molar-refractivity contribution < 1.29 is 13.9 Å². The molecule has 5 heteroatoms. The van der Waals surface area contributed by atoms with E-state index < -0.39 is 0 Å². The third kappa shape index (κ3) is 6.61. The summed E-state index contributed by atoms with van der Waals surface area (Å²) in [4.78, 5) is 15.2. The quantitative estimate of drug-likeness (QED) is 0.304. The van der Waals surface area contributed by atoms with Crippen LogP contribution in [0, 0.1) is 0 Å². The number of unbranched alkanes of at least 4 members (excludes halogenated alkanes) is 5. The smallest absolute Gasteiger partial charge is 0.193 e. The van der Waals surface area contributed by atoms with Gasteiger partial charge in [-0.05, 0) is 69.6 Å². The molecule has 33 heavy (non-hydrogen) atoms. The topological polar surface area (TPSA) is 51.9 Å². The maximum Gasteiger partial charge on any atom is 0.193 e. The number of rotatable bonds is 12. The summed E-state index contributed by atoms with van der Waals surface area (Å²) in [7, 11) is 1.62. The maximum absolute atomic E-state index is 12.6. The van der Waals surface area contributed by atoms with Crippen LogP contribution >= 0.6 is 0 Å². The van der Waals surface area contributed by atoms with Crippen molar-refractivity contribution in [3.63, 3.8) is 0 Å². The predicted octanol–water partition coefficient (Wildman–Crippen LogP) is 6.28. The number of nitrogens with zero attached hydrogens (tertiary/aromatic N) is 1. The van der Waals surface area contributed by atoms with E-state index >= 15 is 0 Å². The molecule has 2 aromatic carbocycles. The lowest BCUT2D eigenvalue weighted by Gasteiger charge is -2.13. The van der Waals surface area contributed by atoms with Gasteiger partial charge < -0.3 is 18.8 Å². The fraction of sp³-hybridized carbons (Fsp3) is 0.464. The second-order valence-corrected chi connectivity index (χ2v) is 8.88. The normalized spacial score (nSPS) is 14.1. The monoisotopic (exact) mass is 449 g/mol. The van der Waals surface area contributed by atoms with Crippen LogP contribution in [0.1, 0.15) is 51.4 Å². The number of hydrogen-bond acceptors (Lipinski definition) is 5. The molecule has 3 aromatic rings. The maximum atomic E-state index is 12.6. The van der Waals surface area contributed by atoms with Crippen molar-refractivity contribution in [3.8, 4) is 22.8 Å². The Morgan fingerprint density at radius 3 is 2.48 bits per heavy atom. The van der Waals surface area contributed by atoms with E-state index in [2.05, 4.69) is 4.90 Å². The first-order valence-electron chi connectivity index (χ1n) is 12.3. The minimum Gasteiger partial charge on any atom is -0.497 e. The first-order chi connectivity index (χ1) is 16.2. The molecule has 1 aliphatic rings. The van der Waals surface area contributed by atoms with Gasteiger partial charge in [0.05, 0.1) is 19.1 Å². The van der Waals surface area contributed by atoms with Gasteiger partial charge in [-0.3, -0.25) is 4.79 Å². The molecule has 5 nitrogen and oxygen atoms in total. The molecule has 0 bridgehead atoms. The van der Waals surface area contributed by atoms with Crippen LogP contribution in [0.25, 0.3) is 22.3 Å². The predicted molar refractivity (Wildman–Crippen MR) is 133 cm³/mol. The Bertz CT molecular complexity index is 1080. The number of likely N-dealkylation sites (tertiary alicyclic amines) is 1. The average molecular weight is 450 g/mol. The van der Waals surface area contributed by atoms with Crippen LogP contribution in [-0.2, 0) is 0 Å². The highest BCUT2D eigenvalue weighted by atomic mass is 16.5. The zero-order valence-corrected chi connectivity index (χ0v) is 19.7. The molecule has 1 aliphatic heterocycles. The molecule has 1 fully saturated rings. The van der Waals surface area contributed by atoms with E-state index in [1.54, 1.807) is 13.2 Å². The van der Waals surface area contributed by atoms with Gasteiger partial charge in [-0.15, -0.1) is 0 Å². The SMILES string of the molecule is COc1cccc(-c2cc(=O)c3ccc(OCCCCCCCCN4CCCC4)cc3o2)c1.